The molecule has 0 spiro atoms. The summed E-state index contributed by atoms with van der Waals surface area (Å²) in [5.41, 5.74) is 1.38. The Balaban J connectivity index is 1.57. The highest BCUT2D eigenvalue weighted by molar-refractivity contribution is 7.07. The maximum atomic E-state index is 11.6. The van der Waals surface area contributed by atoms with Gasteiger partial charge < -0.3 is 10.1 Å². The molecule has 1 aromatic rings. The molecule has 0 saturated carbocycles. The minimum absolute atomic E-state index is 0.0267. The first-order valence-corrected chi connectivity index (χ1v) is 7.81. The minimum atomic E-state index is -0.235. The van der Waals surface area contributed by atoms with Crippen molar-refractivity contribution < 1.29 is 9.53 Å². The van der Waals surface area contributed by atoms with E-state index in [0.29, 0.717) is 5.92 Å². The van der Waals surface area contributed by atoms with E-state index < -0.39 is 0 Å². The number of fused-ring (bicyclic) bond motifs is 1. The molecule has 2 aliphatic heterocycles. The number of hydrogen-bond acceptors (Lipinski definition) is 4. The quantitative estimate of drug-likeness (QED) is 0.912. The van der Waals surface area contributed by atoms with Crippen LogP contribution in [0.3, 0.4) is 0 Å². The lowest BCUT2D eigenvalue weighted by molar-refractivity contribution is -0.132. The van der Waals surface area contributed by atoms with Crippen molar-refractivity contribution in [2.75, 3.05) is 20.1 Å². The number of hydrogen-bond donors (Lipinski definition) is 1. The molecule has 0 unspecified atom stereocenters. The number of carbonyl (C=O) groups excluding carboxylic acids is 1. The number of nitrogens with zero attached hydrogens (tertiary/aromatic N) is 1. The van der Waals surface area contributed by atoms with E-state index in [2.05, 4.69) is 27.0 Å². The van der Waals surface area contributed by atoms with E-state index in [-0.39, 0.29) is 18.1 Å². The lowest BCUT2D eigenvalue weighted by Crippen LogP contribution is -2.42. The summed E-state index contributed by atoms with van der Waals surface area (Å²) in [6.45, 7) is 3.07. The maximum absolute atomic E-state index is 11.6. The highest BCUT2D eigenvalue weighted by atomic mass is 32.1. The highest BCUT2D eigenvalue weighted by Gasteiger charge is 2.41. The number of amides is 1. The van der Waals surface area contributed by atoms with E-state index in [4.69, 9.17) is 4.74 Å². The van der Waals surface area contributed by atoms with Crippen molar-refractivity contribution in [1.82, 2.24) is 10.2 Å². The van der Waals surface area contributed by atoms with Crippen LogP contribution >= 0.6 is 11.3 Å². The Morgan fingerprint density at radius 2 is 2.53 bits per heavy atom. The molecule has 19 heavy (non-hydrogen) atoms. The van der Waals surface area contributed by atoms with Crippen LogP contribution in [0, 0.1) is 5.92 Å². The third-order valence-electron chi connectivity index (χ3n) is 4.16. The Hall–Kier alpha value is -0.910. The first-order valence-electron chi connectivity index (χ1n) is 6.86. The van der Waals surface area contributed by atoms with E-state index in [9.17, 15) is 4.79 Å². The second-order valence-electron chi connectivity index (χ2n) is 5.43. The van der Waals surface area contributed by atoms with Gasteiger partial charge in [0.1, 0.15) is 6.10 Å². The molecule has 3 rings (SSSR count). The fourth-order valence-corrected chi connectivity index (χ4v) is 3.77. The Morgan fingerprint density at radius 1 is 1.63 bits per heavy atom. The van der Waals surface area contributed by atoms with E-state index in [1.54, 1.807) is 18.4 Å². The van der Waals surface area contributed by atoms with Crippen molar-refractivity contribution >= 4 is 17.2 Å². The smallest absolute Gasteiger partial charge is 0.248 e. The summed E-state index contributed by atoms with van der Waals surface area (Å²) < 4.78 is 5.92. The van der Waals surface area contributed by atoms with Gasteiger partial charge in [-0.25, -0.2) is 0 Å². The lowest BCUT2D eigenvalue weighted by atomic mass is 9.91. The van der Waals surface area contributed by atoms with E-state index >= 15 is 0 Å². The van der Waals surface area contributed by atoms with Gasteiger partial charge in [-0.1, -0.05) is 0 Å². The van der Waals surface area contributed by atoms with E-state index in [1.165, 1.54) is 5.56 Å². The molecule has 1 aromatic heterocycles. The molecule has 3 heterocycles. The van der Waals surface area contributed by atoms with Crippen molar-refractivity contribution in [3.63, 3.8) is 0 Å². The van der Waals surface area contributed by atoms with Crippen LogP contribution in [0.5, 0.6) is 0 Å². The number of piperidine rings is 1. The standard InChI is InChI=1S/C14H20N2O2S/c1-15-14(17)12-6-11-2-4-16(8-13(11)18-12)7-10-3-5-19-9-10/h3,5,9,11-13H,2,4,6-8H2,1H3,(H,15,17)/t11-,12+,13-/m0/s1. The Bertz CT molecular complexity index is 435. The van der Waals surface area contributed by atoms with Gasteiger partial charge in [-0.3, -0.25) is 9.69 Å². The monoisotopic (exact) mass is 280 g/mol. The molecule has 0 aromatic carbocycles. The van der Waals surface area contributed by atoms with Crippen LogP contribution in [0.15, 0.2) is 16.8 Å². The van der Waals surface area contributed by atoms with Gasteiger partial charge >= 0.3 is 0 Å². The summed E-state index contributed by atoms with van der Waals surface area (Å²) in [6.07, 6.45) is 2.02. The Morgan fingerprint density at radius 3 is 3.26 bits per heavy atom. The summed E-state index contributed by atoms with van der Waals surface area (Å²) >= 11 is 1.74. The summed E-state index contributed by atoms with van der Waals surface area (Å²) in [6, 6.07) is 2.18. The number of likely N-dealkylation sites (N-methyl/N-ethyl adjacent to an activating group) is 1. The van der Waals surface area contributed by atoms with Crippen molar-refractivity contribution in [3.8, 4) is 0 Å². The third-order valence-corrected chi connectivity index (χ3v) is 4.89. The van der Waals surface area contributed by atoms with Crippen molar-refractivity contribution in [3.05, 3.63) is 22.4 Å². The van der Waals surface area contributed by atoms with Crippen LogP contribution in [0.25, 0.3) is 0 Å². The predicted octanol–water partition coefficient (Wildman–Crippen LogP) is 1.47. The van der Waals surface area contributed by atoms with Crippen LogP contribution in [0.4, 0.5) is 0 Å². The largest absolute Gasteiger partial charge is 0.364 e. The van der Waals surface area contributed by atoms with Gasteiger partial charge in [-0.2, -0.15) is 11.3 Å². The molecular weight excluding hydrogens is 260 g/mol. The Kier molecular flexibility index (Phi) is 3.86. The third kappa shape index (κ3) is 2.83. The second-order valence-corrected chi connectivity index (χ2v) is 6.21. The molecule has 1 N–H and O–H groups in total. The molecule has 0 aliphatic carbocycles. The fourth-order valence-electron chi connectivity index (χ4n) is 3.11. The highest BCUT2D eigenvalue weighted by Crippen LogP contribution is 2.33. The zero-order valence-electron chi connectivity index (χ0n) is 11.2. The van der Waals surface area contributed by atoms with Gasteiger partial charge in [0.2, 0.25) is 5.91 Å². The molecule has 104 valence electrons. The van der Waals surface area contributed by atoms with Gasteiger partial charge in [0.25, 0.3) is 0 Å². The van der Waals surface area contributed by atoms with Gasteiger partial charge in [-0.15, -0.1) is 0 Å². The van der Waals surface area contributed by atoms with Gasteiger partial charge in [-0.05, 0) is 47.7 Å². The zero-order valence-corrected chi connectivity index (χ0v) is 12.0. The molecule has 2 fully saturated rings. The SMILES string of the molecule is CNC(=O)[C@H]1C[C@@H]2CCN(Cc3ccsc3)C[C@@H]2O1. The second kappa shape index (κ2) is 5.61. The molecule has 2 saturated heterocycles. The molecule has 5 heteroatoms. The predicted molar refractivity (Wildman–Crippen MR) is 75.0 cm³/mol. The topological polar surface area (TPSA) is 41.6 Å². The van der Waals surface area contributed by atoms with Crippen molar-refractivity contribution in [1.29, 1.82) is 0 Å². The first-order chi connectivity index (χ1) is 9.26. The fraction of sp³-hybridized carbons (Fsp3) is 0.643. The summed E-state index contributed by atoms with van der Waals surface area (Å²) in [7, 11) is 1.68. The lowest BCUT2D eigenvalue weighted by Gasteiger charge is -2.33. The summed E-state index contributed by atoms with van der Waals surface area (Å²) in [5.74, 6) is 0.583. The minimum Gasteiger partial charge on any atom is -0.364 e. The number of ether oxygens (including phenoxy) is 1. The number of carbonyl (C=O) groups is 1. The van der Waals surface area contributed by atoms with E-state index in [0.717, 1.165) is 32.5 Å². The normalized spacial score (nSPS) is 31.1. The number of thiophene rings is 1. The molecular formula is C14H20N2O2S. The van der Waals surface area contributed by atoms with Crippen molar-refractivity contribution in [2.45, 2.75) is 31.6 Å². The average molecular weight is 280 g/mol. The van der Waals surface area contributed by atoms with Crippen LogP contribution in [0.2, 0.25) is 0 Å². The average Bonchev–Trinajstić information content (AvgIpc) is 3.06. The van der Waals surface area contributed by atoms with Gasteiger partial charge in [0, 0.05) is 20.1 Å². The van der Waals surface area contributed by atoms with Crippen LogP contribution in [0.1, 0.15) is 18.4 Å². The maximum Gasteiger partial charge on any atom is 0.248 e. The molecule has 3 atom stereocenters. The summed E-state index contributed by atoms with van der Waals surface area (Å²) in [4.78, 5) is 14.1. The van der Waals surface area contributed by atoms with Gasteiger partial charge in [0.05, 0.1) is 6.10 Å². The van der Waals surface area contributed by atoms with Crippen LogP contribution < -0.4 is 5.32 Å². The summed E-state index contributed by atoms with van der Waals surface area (Å²) in [5, 5.41) is 7.01. The van der Waals surface area contributed by atoms with Crippen LogP contribution in [-0.2, 0) is 16.1 Å². The number of likely N-dealkylation sites (tertiary alicyclic amines) is 1. The first kappa shape index (κ1) is 13.1. The molecule has 0 bridgehead atoms. The van der Waals surface area contributed by atoms with E-state index in [1.807, 2.05) is 0 Å². The van der Waals surface area contributed by atoms with Gasteiger partial charge in [0.15, 0.2) is 0 Å². The Labute approximate surface area is 117 Å². The number of nitrogens with one attached hydrogen (secondary N) is 1. The molecule has 4 nitrogen and oxygen atoms in total. The molecule has 1 amide bonds. The molecule has 2 aliphatic rings. The van der Waals surface area contributed by atoms with Crippen LogP contribution in [-0.4, -0.2) is 43.2 Å². The molecule has 0 radical (unpaired) electrons. The van der Waals surface area contributed by atoms with Crippen molar-refractivity contribution in [2.24, 2.45) is 5.92 Å². The zero-order chi connectivity index (χ0) is 13.2. The number of rotatable bonds is 3.